The molecule has 0 saturated carbocycles. The number of hydrogen-bond acceptors (Lipinski definition) is 2. The van der Waals surface area contributed by atoms with Crippen molar-refractivity contribution in [3.8, 4) is 0 Å². The third kappa shape index (κ3) is 5.92. The molecular weight excluding hydrogens is 164 g/mol. The molecule has 0 spiro atoms. The Hall–Kier alpha value is -0.500. The maximum atomic E-state index is 10.7. The Balaban J connectivity index is 3.63. The quantitative estimate of drug-likeness (QED) is 0.373. The number of ether oxygens (including phenoxy) is 1. The summed E-state index contributed by atoms with van der Waals surface area (Å²) in [6.07, 6.45) is 3.82. The van der Waals surface area contributed by atoms with Crippen molar-refractivity contribution in [3.05, 3.63) is 12.2 Å². The van der Waals surface area contributed by atoms with Crippen LogP contribution >= 0.6 is 11.6 Å². The molecule has 0 aromatic heterocycles. The lowest BCUT2D eigenvalue weighted by Crippen LogP contribution is -2.00. The fourth-order valence-corrected chi connectivity index (χ4v) is 0.582. The predicted octanol–water partition coefficient (Wildman–Crippen LogP) is 2.12. The van der Waals surface area contributed by atoms with Crippen LogP contribution in [0.3, 0.4) is 0 Å². The molecule has 1 atom stereocenters. The minimum Gasteiger partial charge on any atom is -0.463 e. The van der Waals surface area contributed by atoms with Gasteiger partial charge in [0.25, 0.3) is 0 Å². The lowest BCUT2D eigenvalue weighted by molar-refractivity contribution is -0.137. The second-order valence-corrected chi connectivity index (χ2v) is 2.60. The summed E-state index contributed by atoms with van der Waals surface area (Å²) in [5.41, 5.74) is 0. The van der Waals surface area contributed by atoms with Gasteiger partial charge in [-0.3, -0.25) is 0 Å². The van der Waals surface area contributed by atoms with Crippen molar-refractivity contribution >= 4 is 17.6 Å². The Labute approximate surface area is 72.2 Å². The van der Waals surface area contributed by atoms with Crippen LogP contribution in [0.1, 0.15) is 20.3 Å². The number of allylic oxidation sites excluding steroid dienone is 1. The molecule has 11 heavy (non-hydrogen) atoms. The Morgan fingerprint density at radius 1 is 1.64 bits per heavy atom. The predicted molar refractivity (Wildman–Crippen MR) is 45.7 cm³/mol. The van der Waals surface area contributed by atoms with Gasteiger partial charge in [0.2, 0.25) is 0 Å². The lowest BCUT2D eigenvalue weighted by atomic mass is 10.3. The molecule has 0 saturated heterocycles. The summed E-state index contributed by atoms with van der Waals surface area (Å²) in [7, 11) is 0. The molecule has 0 N–H and O–H groups in total. The first-order chi connectivity index (χ1) is 5.20. The second kappa shape index (κ2) is 6.23. The van der Waals surface area contributed by atoms with E-state index >= 15 is 0 Å². The number of carbonyl (C=O) groups excluding carboxylic acids is 1. The van der Waals surface area contributed by atoms with Gasteiger partial charge in [-0.2, -0.15) is 0 Å². The highest BCUT2D eigenvalue weighted by Crippen LogP contribution is 2.02. The number of alkyl halides is 1. The lowest BCUT2D eigenvalue weighted by Gasteiger charge is -1.97. The third-order valence-corrected chi connectivity index (χ3v) is 1.57. The fraction of sp³-hybridized carbons (Fsp3) is 0.625. The van der Waals surface area contributed by atoms with Gasteiger partial charge in [0.15, 0.2) is 0 Å². The van der Waals surface area contributed by atoms with Crippen molar-refractivity contribution in [1.29, 1.82) is 0 Å². The number of esters is 1. The first kappa shape index (κ1) is 10.5. The highest BCUT2D eigenvalue weighted by atomic mass is 35.5. The topological polar surface area (TPSA) is 26.3 Å². The smallest absolute Gasteiger partial charge is 0.330 e. The van der Waals surface area contributed by atoms with Crippen LogP contribution in [-0.4, -0.2) is 18.0 Å². The second-order valence-electron chi connectivity index (χ2n) is 2.04. The minimum atomic E-state index is -0.327. The third-order valence-electron chi connectivity index (χ3n) is 1.12. The van der Waals surface area contributed by atoms with Gasteiger partial charge in [-0.25, -0.2) is 4.79 Å². The van der Waals surface area contributed by atoms with Crippen LogP contribution in [0.25, 0.3) is 0 Å². The molecule has 0 heterocycles. The summed E-state index contributed by atoms with van der Waals surface area (Å²) in [6.45, 7) is 4.12. The van der Waals surface area contributed by atoms with E-state index in [1.165, 1.54) is 6.08 Å². The van der Waals surface area contributed by atoms with Gasteiger partial charge in [0, 0.05) is 6.08 Å². The zero-order valence-electron chi connectivity index (χ0n) is 6.84. The van der Waals surface area contributed by atoms with Crippen LogP contribution in [0.4, 0.5) is 0 Å². The Morgan fingerprint density at radius 2 is 2.27 bits per heavy atom. The first-order valence-corrected chi connectivity index (χ1v) is 4.13. The molecule has 0 radical (unpaired) electrons. The van der Waals surface area contributed by atoms with E-state index in [0.29, 0.717) is 6.61 Å². The molecular formula is C8H13ClO2. The summed E-state index contributed by atoms with van der Waals surface area (Å²) < 4.78 is 4.65. The van der Waals surface area contributed by atoms with Gasteiger partial charge in [-0.1, -0.05) is 13.0 Å². The fourth-order valence-electron chi connectivity index (χ4n) is 0.509. The van der Waals surface area contributed by atoms with Crippen molar-refractivity contribution in [2.75, 3.05) is 6.61 Å². The van der Waals surface area contributed by atoms with Crippen molar-refractivity contribution < 1.29 is 9.53 Å². The van der Waals surface area contributed by atoms with E-state index in [1.54, 1.807) is 13.0 Å². The van der Waals surface area contributed by atoms with Gasteiger partial charge < -0.3 is 4.74 Å². The molecule has 0 rings (SSSR count). The Kier molecular flexibility index (Phi) is 5.94. The van der Waals surface area contributed by atoms with Crippen molar-refractivity contribution in [1.82, 2.24) is 0 Å². The van der Waals surface area contributed by atoms with E-state index in [-0.39, 0.29) is 11.3 Å². The molecule has 0 aliphatic heterocycles. The first-order valence-electron chi connectivity index (χ1n) is 3.69. The zero-order chi connectivity index (χ0) is 8.69. The maximum Gasteiger partial charge on any atom is 0.330 e. The van der Waals surface area contributed by atoms with Crippen LogP contribution in [0.2, 0.25) is 0 Å². The van der Waals surface area contributed by atoms with E-state index < -0.39 is 0 Å². The largest absolute Gasteiger partial charge is 0.463 e. The van der Waals surface area contributed by atoms with Gasteiger partial charge in [-0.15, -0.1) is 11.6 Å². The summed E-state index contributed by atoms with van der Waals surface area (Å²) in [6, 6.07) is 0. The van der Waals surface area contributed by atoms with E-state index in [1.807, 2.05) is 6.92 Å². The summed E-state index contributed by atoms with van der Waals surface area (Å²) in [5, 5.41) is -0.0700. The van der Waals surface area contributed by atoms with E-state index in [4.69, 9.17) is 11.6 Å². The van der Waals surface area contributed by atoms with Crippen LogP contribution in [-0.2, 0) is 9.53 Å². The van der Waals surface area contributed by atoms with E-state index in [2.05, 4.69) is 4.74 Å². The van der Waals surface area contributed by atoms with Gasteiger partial charge in [0.1, 0.15) is 0 Å². The zero-order valence-corrected chi connectivity index (χ0v) is 7.60. The monoisotopic (exact) mass is 176 g/mol. The number of hydrogen-bond donors (Lipinski definition) is 0. The average molecular weight is 177 g/mol. The molecule has 0 aromatic carbocycles. The van der Waals surface area contributed by atoms with Crippen LogP contribution in [0.15, 0.2) is 12.2 Å². The van der Waals surface area contributed by atoms with Crippen molar-refractivity contribution in [2.24, 2.45) is 0 Å². The molecule has 0 aliphatic carbocycles. The number of rotatable bonds is 4. The molecule has 0 aliphatic rings. The highest BCUT2D eigenvalue weighted by molar-refractivity contribution is 6.21. The van der Waals surface area contributed by atoms with Gasteiger partial charge in [0.05, 0.1) is 12.0 Å². The standard InChI is InChI=1S/C8H13ClO2/c1-3-7(9)5-6-8(10)11-4-2/h5-7H,3-4H2,1-2H3. The highest BCUT2D eigenvalue weighted by Gasteiger charge is 1.97. The summed E-state index contributed by atoms with van der Waals surface area (Å²) in [4.78, 5) is 10.7. The maximum absolute atomic E-state index is 10.7. The summed E-state index contributed by atoms with van der Waals surface area (Å²) in [5.74, 6) is -0.327. The Bertz CT molecular complexity index is 143. The van der Waals surface area contributed by atoms with Crippen LogP contribution in [0, 0.1) is 0 Å². The van der Waals surface area contributed by atoms with E-state index in [9.17, 15) is 4.79 Å². The minimum absolute atomic E-state index is 0.0700. The van der Waals surface area contributed by atoms with Gasteiger partial charge in [-0.05, 0) is 13.3 Å². The molecule has 0 amide bonds. The molecule has 0 bridgehead atoms. The van der Waals surface area contributed by atoms with Crippen LogP contribution < -0.4 is 0 Å². The van der Waals surface area contributed by atoms with Gasteiger partial charge >= 0.3 is 5.97 Å². The molecule has 3 heteroatoms. The molecule has 1 unspecified atom stereocenters. The van der Waals surface area contributed by atoms with Crippen LogP contribution in [0.5, 0.6) is 0 Å². The molecule has 0 aromatic rings. The SMILES string of the molecule is CCOC(=O)C=CC(Cl)CC. The van der Waals surface area contributed by atoms with E-state index in [0.717, 1.165) is 6.42 Å². The van der Waals surface area contributed by atoms with Crippen molar-refractivity contribution in [3.63, 3.8) is 0 Å². The molecule has 2 nitrogen and oxygen atoms in total. The normalized spacial score (nSPS) is 13.4. The summed E-state index contributed by atoms with van der Waals surface area (Å²) >= 11 is 5.71. The average Bonchev–Trinajstić information content (AvgIpc) is 2.01. The molecule has 0 fully saturated rings. The number of carbonyl (C=O) groups is 1. The Morgan fingerprint density at radius 3 is 2.73 bits per heavy atom. The molecule has 64 valence electrons. The number of halogens is 1. The van der Waals surface area contributed by atoms with Crippen molar-refractivity contribution in [2.45, 2.75) is 25.6 Å².